The predicted octanol–water partition coefficient (Wildman–Crippen LogP) is 1.51. The molecule has 0 aromatic heterocycles. The topological polar surface area (TPSA) is 46.2 Å². The Morgan fingerprint density at radius 2 is 1.85 bits per heavy atom. The summed E-state index contributed by atoms with van der Waals surface area (Å²) in [5, 5.41) is 0. The summed E-state index contributed by atoms with van der Waals surface area (Å²) in [5.41, 5.74) is 0.211. The number of sulfonamides is 1. The van der Waals surface area contributed by atoms with Crippen LogP contribution < -0.4 is 4.72 Å². The van der Waals surface area contributed by atoms with E-state index >= 15 is 0 Å². The lowest BCUT2D eigenvalue weighted by atomic mass is 9.89. The molecular formula is C9H19NO2S. The van der Waals surface area contributed by atoms with Gasteiger partial charge in [-0.05, 0) is 25.2 Å². The zero-order valence-electron chi connectivity index (χ0n) is 8.47. The van der Waals surface area contributed by atoms with Crippen molar-refractivity contribution in [3.8, 4) is 0 Å². The number of nitrogens with one attached hydrogen (secondary N) is 1. The van der Waals surface area contributed by atoms with Gasteiger partial charge in [0.05, 0.1) is 5.75 Å². The maximum Gasteiger partial charge on any atom is 0.211 e. The first-order chi connectivity index (χ1) is 5.97. The van der Waals surface area contributed by atoms with Gasteiger partial charge >= 0.3 is 0 Å². The molecule has 78 valence electrons. The minimum absolute atomic E-state index is 0.184. The Balaban J connectivity index is 2.42. The molecule has 0 amide bonds. The van der Waals surface area contributed by atoms with Gasteiger partial charge in [0.2, 0.25) is 10.0 Å². The monoisotopic (exact) mass is 205 g/mol. The van der Waals surface area contributed by atoms with Gasteiger partial charge in [-0.25, -0.2) is 13.1 Å². The molecule has 0 heterocycles. The van der Waals surface area contributed by atoms with Crippen molar-refractivity contribution in [2.24, 2.45) is 5.41 Å². The normalized spacial score (nSPS) is 22.0. The lowest BCUT2D eigenvalue weighted by molar-refractivity contribution is 0.336. The van der Waals surface area contributed by atoms with Crippen LogP contribution in [0.3, 0.4) is 0 Å². The fourth-order valence-electron chi connectivity index (χ4n) is 1.79. The highest BCUT2D eigenvalue weighted by molar-refractivity contribution is 7.89. The van der Waals surface area contributed by atoms with E-state index in [0.29, 0.717) is 6.54 Å². The standard InChI is InChI=1S/C9H19NO2S/c1-3-13(11,12)10-8-9(2)6-4-5-7-9/h10H,3-8H2,1-2H3. The van der Waals surface area contributed by atoms with Crippen LogP contribution in [0.5, 0.6) is 0 Å². The Morgan fingerprint density at radius 3 is 2.31 bits per heavy atom. The molecule has 1 aliphatic carbocycles. The summed E-state index contributed by atoms with van der Waals surface area (Å²) in [4.78, 5) is 0. The van der Waals surface area contributed by atoms with Gasteiger partial charge in [0.15, 0.2) is 0 Å². The SMILES string of the molecule is CCS(=O)(=O)NCC1(C)CCCC1. The highest BCUT2D eigenvalue weighted by atomic mass is 32.2. The smallest absolute Gasteiger partial charge is 0.211 e. The van der Waals surface area contributed by atoms with Crippen molar-refractivity contribution < 1.29 is 8.42 Å². The van der Waals surface area contributed by atoms with E-state index in [4.69, 9.17) is 0 Å². The highest BCUT2D eigenvalue weighted by Gasteiger charge is 2.29. The minimum atomic E-state index is -3.00. The second kappa shape index (κ2) is 3.96. The fourth-order valence-corrected chi connectivity index (χ4v) is 2.56. The molecule has 0 atom stereocenters. The molecule has 1 N–H and O–H groups in total. The zero-order chi connectivity index (χ0) is 9.95. The first kappa shape index (κ1) is 11.0. The molecular weight excluding hydrogens is 186 g/mol. The summed E-state index contributed by atoms with van der Waals surface area (Å²) in [6, 6.07) is 0. The van der Waals surface area contributed by atoms with Gasteiger partial charge in [-0.2, -0.15) is 0 Å². The van der Waals surface area contributed by atoms with Crippen LogP contribution in [0.2, 0.25) is 0 Å². The molecule has 1 fully saturated rings. The Morgan fingerprint density at radius 1 is 1.31 bits per heavy atom. The fraction of sp³-hybridized carbons (Fsp3) is 1.00. The average molecular weight is 205 g/mol. The summed E-state index contributed by atoms with van der Waals surface area (Å²) in [6.45, 7) is 4.45. The maximum atomic E-state index is 11.2. The molecule has 0 spiro atoms. The van der Waals surface area contributed by atoms with Crippen molar-refractivity contribution in [2.75, 3.05) is 12.3 Å². The van der Waals surface area contributed by atoms with Crippen LogP contribution in [0.25, 0.3) is 0 Å². The number of rotatable bonds is 4. The van der Waals surface area contributed by atoms with Crippen LogP contribution in [0.1, 0.15) is 39.5 Å². The Labute approximate surface area is 81.0 Å². The van der Waals surface area contributed by atoms with Crippen molar-refractivity contribution in [3.05, 3.63) is 0 Å². The van der Waals surface area contributed by atoms with Gasteiger partial charge in [-0.1, -0.05) is 19.8 Å². The molecule has 0 aliphatic heterocycles. The predicted molar refractivity (Wildman–Crippen MR) is 54.0 cm³/mol. The molecule has 1 saturated carbocycles. The second-order valence-electron chi connectivity index (χ2n) is 4.24. The van der Waals surface area contributed by atoms with Gasteiger partial charge in [0.25, 0.3) is 0 Å². The Kier molecular flexibility index (Phi) is 3.35. The largest absolute Gasteiger partial charge is 0.215 e. The summed E-state index contributed by atoms with van der Waals surface area (Å²) in [7, 11) is -3.00. The van der Waals surface area contributed by atoms with E-state index in [1.807, 2.05) is 0 Å². The van der Waals surface area contributed by atoms with Crippen LogP contribution in [0, 0.1) is 5.41 Å². The molecule has 0 aromatic rings. The third-order valence-corrected chi connectivity index (χ3v) is 4.25. The lowest BCUT2D eigenvalue weighted by Crippen LogP contribution is -2.34. The van der Waals surface area contributed by atoms with Crippen LogP contribution >= 0.6 is 0 Å². The van der Waals surface area contributed by atoms with Crippen molar-refractivity contribution in [1.82, 2.24) is 4.72 Å². The van der Waals surface area contributed by atoms with Gasteiger partial charge < -0.3 is 0 Å². The first-order valence-corrected chi connectivity index (χ1v) is 6.60. The molecule has 0 bridgehead atoms. The Bertz CT molecular complexity index is 253. The molecule has 1 aliphatic rings. The van der Waals surface area contributed by atoms with Gasteiger partial charge in [-0.15, -0.1) is 0 Å². The molecule has 1 rings (SSSR count). The minimum Gasteiger partial charge on any atom is -0.215 e. The summed E-state index contributed by atoms with van der Waals surface area (Å²) in [6.07, 6.45) is 4.78. The van der Waals surface area contributed by atoms with E-state index in [1.165, 1.54) is 12.8 Å². The molecule has 3 nitrogen and oxygen atoms in total. The molecule has 4 heteroatoms. The quantitative estimate of drug-likeness (QED) is 0.756. The lowest BCUT2D eigenvalue weighted by Gasteiger charge is -2.23. The third-order valence-electron chi connectivity index (χ3n) is 2.91. The van der Waals surface area contributed by atoms with E-state index in [1.54, 1.807) is 6.92 Å². The molecule has 0 saturated heterocycles. The Hall–Kier alpha value is -0.0900. The van der Waals surface area contributed by atoms with E-state index in [9.17, 15) is 8.42 Å². The molecule has 0 unspecified atom stereocenters. The number of hydrogen-bond donors (Lipinski definition) is 1. The van der Waals surface area contributed by atoms with Gasteiger partial charge in [0.1, 0.15) is 0 Å². The number of hydrogen-bond acceptors (Lipinski definition) is 2. The molecule has 13 heavy (non-hydrogen) atoms. The average Bonchev–Trinajstić information content (AvgIpc) is 2.50. The highest BCUT2D eigenvalue weighted by Crippen LogP contribution is 2.36. The van der Waals surface area contributed by atoms with E-state index in [2.05, 4.69) is 11.6 Å². The summed E-state index contributed by atoms with van der Waals surface area (Å²) in [5.74, 6) is 0.184. The van der Waals surface area contributed by atoms with Crippen LogP contribution in [-0.2, 0) is 10.0 Å². The molecule has 0 aromatic carbocycles. The van der Waals surface area contributed by atoms with E-state index in [-0.39, 0.29) is 11.2 Å². The van der Waals surface area contributed by atoms with Crippen LogP contribution in [-0.4, -0.2) is 20.7 Å². The van der Waals surface area contributed by atoms with Crippen LogP contribution in [0.15, 0.2) is 0 Å². The van der Waals surface area contributed by atoms with Crippen LogP contribution in [0.4, 0.5) is 0 Å². The second-order valence-corrected chi connectivity index (χ2v) is 6.34. The van der Waals surface area contributed by atoms with Crippen molar-refractivity contribution in [1.29, 1.82) is 0 Å². The van der Waals surface area contributed by atoms with Crippen molar-refractivity contribution in [3.63, 3.8) is 0 Å². The maximum absolute atomic E-state index is 11.2. The molecule has 0 radical (unpaired) electrons. The van der Waals surface area contributed by atoms with Gasteiger partial charge in [0, 0.05) is 6.54 Å². The van der Waals surface area contributed by atoms with E-state index < -0.39 is 10.0 Å². The first-order valence-electron chi connectivity index (χ1n) is 4.95. The van der Waals surface area contributed by atoms with Crippen molar-refractivity contribution >= 4 is 10.0 Å². The van der Waals surface area contributed by atoms with Gasteiger partial charge in [-0.3, -0.25) is 0 Å². The van der Waals surface area contributed by atoms with E-state index in [0.717, 1.165) is 12.8 Å². The third kappa shape index (κ3) is 3.27. The summed E-state index contributed by atoms with van der Waals surface area (Å²) >= 11 is 0. The summed E-state index contributed by atoms with van der Waals surface area (Å²) < 4.78 is 25.0. The zero-order valence-corrected chi connectivity index (χ0v) is 9.28. The van der Waals surface area contributed by atoms with Crippen molar-refractivity contribution in [2.45, 2.75) is 39.5 Å².